The zero-order valence-corrected chi connectivity index (χ0v) is 17.9. The number of hydrogen-bond donors (Lipinski definition) is 3. The topological polar surface area (TPSA) is 65.9 Å². The van der Waals surface area contributed by atoms with Gasteiger partial charge >= 0.3 is 0 Å². The van der Waals surface area contributed by atoms with E-state index in [9.17, 15) is 5.11 Å². The maximum Gasteiger partial charge on any atom is 0.131 e. The van der Waals surface area contributed by atoms with Crippen LogP contribution in [0.3, 0.4) is 0 Å². The Hall–Kier alpha value is -2.96. The molecule has 0 saturated carbocycles. The van der Waals surface area contributed by atoms with E-state index in [1.165, 1.54) is 11.1 Å². The third-order valence-electron chi connectivity index (χ3n) is 6.40. The van der Waals surface area contributed by atoms with Gasteiger partial charge in [-0.3, -0.25) is 0 Å². The molecule has 0 radical (unpaired) electrons. The van der Waals surface area contributed by atoms with E-state index in [1.54, 1.807) is 12.3 Å². The molecule has 31 heavy (non-hydrogen) atoms. The first-order chi connectivity index (χ1) is 15.2. The molecule has 4 aromatic rings. The quantitative estimate of drug-likeness (QED) is 0.449. The Bertz CT molecular complexity index is 1250. The van der Waals surface area contributed by atoms with Crippen LogP contribution in [0.4, 0.5) is 4.39 Å². The second-order valence-electron chi connectivity index (χ2n) is 8.05. The van der Waals surface area contributed by atoms with Crippen molar-refractivity contribution in [3.63, 3.8) is 0 Å². The molecule has 160 valence electrons. The number of fused-ring (bicyclic) bond motifs is 2. The SMILES string of the molecule is CCc1cccc(CC)c1-n1nc2c(c1-c1cc(F)c(CO)c3[nH]ccc13)CNCC2. The number of aryl methyl sites for hydroxylation is 2. The number of H-pyrrole nitrogens is 1. The normalized spacial score (nSPS) is 13.7. The van der Waals surface area contributed by atoms with Crippen LogP contribution in [-0.4, -0.2) is 26.4 Å². The van der Waals surface area contributed by atoms with Gasteiger partial charge in [0.15, 0.2) is 0 Å². The first kappa shape index (κ1) is 20.0. The zero-order chi connectivity index (χ0) is 21.5. The van der Waals surface area contributed by atoms with Gasteiger partial charge in [0, 0.05) is 47.8 Å². The first-order valence-electron chi connectivity index (χ1n) is 11.0. The van der Waals surface area contributed by atoms with E-state index in [4.69, 9.17) is 5.10 Å². The number of nitrogens with one attached hydrogen (secondary N) is 2. The average molecular weight is 419 g/mol. The number of aliphatic hydroxyl groups is 1. The predicted octanol–water partition coefficient (Wildman–Crippen LogP) is 4.42. The van der Waals surface area contributed by atoms with Gasteiger partial charge in [-0.15, -0.1) is 0 Å². The number of rotatable bonds is 5. The molecule has 0 atom stereocenters. The summed E-state index contributed by atoms with van der Waals surface area (Å²) in [4.78, 5) is 3.12. The fourth-order valence-electron chi connectivity index (χ4n) is 4.83. The van der Waals surface area contributed by atoms with Crippen molar-refractivity contribution in [3.8, 4) is 16.9 Å². The van der Waals surface area contributed by atoms with Crippen LogP contribution in [0.15, 0.2) is 36.5 Å². The lowest BCUT2D eigenvalue weighted by molar-refractivity contribution is 0.277. The molecule has 1 aliphatic rings. The van der Waals surface area contributed by atoms with Gasteiger partial charge in [0.1, 0.15) is 5.82 Å². The summed E-state index contributed by atoms with van der Waals surface area (Å²) in [7, 11) is 0. The van der Waals surface area contributed by atoms with Crippen LogP contribution in [0.1, 0.15) is 41.8 Å². The zero-order valence-electron chi connectivity index (χ0n) is 17.9. The largest absolute Gasteiger partial charge is 0.391 e. The summed E-state index contributed by atoms with van der Waals surface area (Å²) >= 11 is 0. The first-order valence-corrected chi connectivity index (χ1v) is 11.0. The molecule has 0 unspecified atom stereocenters. The summed E-state index contributed by atoms with van der Waals surface area (Å²) in [6.07, 6.45) is 4.43. The molecule has 0 spiro atoms. The van der Waals surface area contributed by atoms with Gasteiger partial charge in [-0.05, 0) is 36.1 Å². The monoisotopic (exact) mass is 418 g/mol. The lowest BCUT2D eigenvalue weighted by Crippen LogP contribution is -2.23. The van der Waals surface area contributed by atoms with E-state index in [0.717, 1.165) is 59.4 Å². The molecule has 3 heterocycles. The van der Waals surface area contributed by atoms with Crippen LogP contribution in [0.5, 0.6) is 0 Å². The van der Waals surface area contributed by atoms with Gasteiger partial charge in [-0.25, -0.2) is 9.07 Å². The molecule has 2 aromatic heterocycles. The van der Waals surface area contributed by atoms with Gasteiger partial charge in [-0.1, -0.05) is 32.0 Å². The summed E-state index contributed by atoms with van der Waals surface area (Å²) in [6.45, 7) is 5.55. The highest BCUT2D eigenvalue weighted by atomic mass is 19.1. The second-order valence-corrected chi connectivity index (χ2v) is 8.05. The predicted molar refractivity (Wildman–Crippen MR) is 121 cm³/mol. The number of aromatic nitrogens is 3. The van der Waals surface area contributed by atoms with Crippen molar-refractivity contribution in [2.75, 3.05) is 6.54 Å². The van der Waals surface area contributed by atoms with E-state index in [2.05, 4.69) is 47.0 Å². The number of hydrogen-bond acceptors (Lipinski definition) is 3. The number of nitrogens with zero attached hydrogens (tertiary/aromatic N) is 2. The molecule has 0 amide bonds. The third-order valence-corrected chi connectivity index (χ3v) is 6.40. The smallest absolute Gasteiger partial charge is 0.131 e. The third kappa shape index (κ3) is 3.09. The average Bonchev–Trinajstić information content (AvgIpc) is 3.43. The van der Waals surface area contributed by atoms with Crippen molar-refractivity contribution >= 4 is 10.9 Å². The summed E-state index contributed by atoms with van der Waals surface area (Å²) in [5.74, 6) is -0.405. The Labute approximate surface area is 180 Å². The van der Waals surface area contributed by atoms with E-state index in [-0.39, 0.29) is 6.61 Å². The molecule has 0 bridgehead atoms. The molecule has 5 nitrogen and oxygen atoms in total. The summed E-state index contributed by atoms with van der Waals surface area (Å²) in [5.41, 5.74) is 8.42. The van der Waals surface area contributed by atoms with Crippen molar-refractivity contribution in [3.05, 3.63) is 70.3 Å². The molecule has 2 aromatic carbocycles. The van der Waals surface area contributed by atoms with Gasteiger partial charge in [-0.2, -0.15) is 5.10 Å². The lowest BCUT2D eigenvalue weighted by Gasteiger charge is -2.18. The van der Waals surface area contributed by atoms with E-state index < -0.39 is 5.82 Å². The minimum absolute atomic E-state index is 0.296. The van der Waals surface area contributed by atoms with Crippen LogP contribution < -0.4 is 5.32 Å². The highest BCUT2D eigenvalue weighted by Gasteiger charge is 2.27. The number of halogens is 1. The van der Waals surface area contributed by atoms with Crippen LogP contribution in [0.25, 0.3) is 27.8 Å². The Morgan fingerprint density at radius 3 is 2.65 bits per heavy atom. The minimum atomic E-state index is -0.405. The van der Waals surface area contributed by atoms with Crippen molar-refractivity contribution in [1.29, 1.82) is 0 Å². The molecule has 0 fully saturated rings. The molecule has 6 heteroatoms. The maximum absolute atomic E-state index is 15.1. The molecule has 0 aliphatic carbocycles. The van der Waals surface area contributed by atoms with Gasteiger partial charge < -0.3 is 15.4 Å². The fourth-order valence-corrected chi connectivity index (χ4v) is 4.83. The molecule has 5 rings (SSSR count). The molecule has 0 saturated heterocycles. The van der Waals surface area contributed by atoms with Crippen molar-refractivity contribution in [2.45, 2.75) is 46.3 Å². The van der Waals surface area contributed by atoms with Crippen molar-refractivity contribution < 1.29 is 9.50 Å². The standard InChI is InChI=1S/C25H27FN4O/c1-3-15-6-5-7-16(4-2)24(15)30-25(19-13-27-10-9-22(19)29-30)18-12-21(26)20(14-31)23-17(18)8-11-28-23/h5-8,11-12,27-28,31H,3-4,9-10,13-14H2,1-2H3. The lowest BCUT2D eigenvalue weighted by atomic mass is 9.96. The van der Waals surface area contributed by atoms with Crippen LogP contribution in [0, 0.1) is 5.82 Å². The number of aliphatic hydroxyl groups excluding tert-OH is 1. The van der Waals surface area contributed by atoms with Crippen LogP contribution >= 0.6 is 0 Å². The maximum atomic E-state index is 15.1. The van der Waals surface area contributed by atoms with Crippen LogP contribution in [-0.2, 0) is 32.4 Å². The van der Waals surface area contributed by atoms with Crippen molar-refractivity contribution in [2.24, 2.45) is 0 Å². The summed E-state index contributed by atoms with van der Waals surface area (Å²) < 4.78 is 17.1. The van der Waals surface area contributed by atoms with Gasteiger partial charge in [0.25, 0.3) is 0 Å². The van der Waals surface area contributed by atoms with E-state index in [0.29, 0.717) is 17.6 Å². The van der Waals surface area contributed by atoms with Crippen LogP contribution in [0.2, 0.25) is 0 Å². The molecule has 3 N–H and O–H groups in total. The Morgan fingerprint density at radius 2 is 1.94 bits per heavy atom. The van der Waals surface area contributed by atoms with Gasteiger partial charge in [0.05, 0.1) is 29.2 Å². The molecule has 1 aliphatic heterocycles. The number of aromatic amines is 1. The van der Waals surface area contributed by atoms with Crippen molar-refractivity contribution in [1.82, 2.24) is 20.1 Å². The number of benzene rings is 2. The van der Waals surface area contributed by atoms with E-state index >= 15 is 4.39 Å². The Kier molecular flexibility index (Phi) is 5.12. The highest BCUT2D eigenvalue weighted by Crippen LogP contribution is 2.38. The minimum Gasteiger partial charge on any atom is -0.391 e. The Morgan fingerprint density at radius 1 is 1.16 bits per heavy atom. The number of para-hydroxylation sites is 1. The molecular weight excluding hydrogens is 391 g/mol. The fraction of sp³-hybridized carbons (Fsp3) is 0.320. The van der Waals surface area contributed by atoms with E-state index in [1.807, 2.05) is 6.07 Å². The second kappa shape index (κ2) is 7.94. The highest BCUT2D eigenvalue weighted by molar-refractivity contribution is 5.97. The Balaban J connectivity index is 1.88. The summed E-state index contributed by atoms with van der Waals surface area (Å²) in [5, 5.41) is 19.2. The molecular formula is C25H27FN4O. The van der Waals surface area contributed by atoms with Gasteiger partial charge in [0.2, 0.25) is 0 Å². The summed E-state index contributed by atoms with van der Waals surface area (Å²) in [6, 6.07) is 9.92.